The van der Waals surface area contributed by atoms with E-state index in [0.717, 1.165) is 5.56 Å². The van der Waals surface area contributed by atoms with Crippen molar-refractivity contribution in [2.45, 2.75) is 0 Å². The van der Waals surface area contributed by atoms with Gasteiger partial charge >= 0.3 is 5.97 Å². The molecule has 0 atom stereocenters. The molecule has 0 bridgehead atoms. The molecule has 1 N–H and O–H groups in total. The molecule has 17 heavy (non-hydrogen) atoms. The van der Waals surface area contributed by atoms with E-state index in [0.29, 0.717) is 5.82 Å². The minimum Gasteiger partial charge on any atom is -0.478 e. The minimum atomic E-state index is -0.932. The van der Waals surface area contributed by atoms with Crippen LogP contribution in [0.5, 0.6) is 0 Å². The summed E-state index contributed by atoms with van der Waals surface area (Å²) >= 11 is 0. The Morgan fingerprint density at radius 3 is 2.53 bits per heavy atom. The molecule has 2 aromatic rings. The molecule has 0 aliphatic carbocycles. The SMILES string of the molecule is O=C(O)c1ccc(/C=N/c2ccccn2)cc1. The lowest BCUT2D eigenvalue weighted by Gasteiger charge is -1.95. The van der Waals surface area contributed by atoms with E-state index < -0.39 is 5.97 Å². The van der Waals surface area contributed by atoms with Crippen molar-refractivity contribution in [2.24, 2.45) is 4.99 Å². The number of hydrogen-bond acceptors (Lipinski definition) is 3. The molecule has 84 valence electrons. The largest absolute Gasteiger partial charge is 0.478 e. The summed E-state index contributed by atoms with van der Waals surface area (Å²) in [6.45, 7) is 0. The zero-order chi connectivity index (χ0) is 12.1. The Morgan fingerprint density at radius 2 is 1.94 bits per heavy atom. The van der Waals surface area contributed by atoms with Gasteiger partial charge in [0.25, 0.3) is 0 Å². The molecule has 0 spiro atoms. The Labute approximate surface area is 98.3 Å². The van der Waals surface area contributed by atoms with Crippen molar-refractivity contribution in [1.82, 2.24) is 4.98 Å². The number of rotatable bonds is 3. The Hall–Kier alpha value is -2.49. The van der Waals surface area contributed by atoms with Gasteiger partial charge in [-0.15, -0.1) is 0 Å². The number of aliphatic imine (C=N–C) groups is 1. The first-order valence-corrected chi connectivity index (χ1v) is 5.04. The molecular formula is C13H10N2O2. The summed E-state index contributed by atoms with van der Waals surface area (Å²) in [5, 5.41) is 8.74. The molecular weight excluding hydrogens is 216 g/mol. The first kappa shape index (κ1) is 11.0. The van der Waals surface area contributed by atoms with Crippen LogP contribution >= 0.6 is 0 Å². The molecule has 0 unspecified atom stereocenters. The van der Waals surface area contributed by atoms with Crippen LogP contribution in [0.15, 0.2) is 53.7 Å². The average molecular weight is 226 g/mol. The second kappa shape index (κ2) is 5.03. The average Bonchev–Trinajstić information content (AvgIpc) is 2.38. The fourth-order valence-electron chi connectivity index (χ4n) is 1.28. The number of carboxylic acids is 1. The first-order valence-electron chi connectivity index (χ1n) is 5.04. The van der Waals surface area contributed by atoms with Crippen molar-refractivity contribution in [3.63, 3.8) is 0 Å². The second-order valence-electron chi connectivity index (χ2n) is 3.37. The topological polar surface area (TPSA) is 62.5 Å². The molecule has 0 aliphatic rings. The van der Waals surface area contributed by atoms with Crippen LogP contribution in [-0.2, 0) is 0 Å². The van der Waals surface area contributed by atoms with E-state index >= 15 is 0 Å². The summed E-state index contributed by atoms with van der Waals surface area (Å²) in [5.41, 5.74) is 1.10. The highest BCUT2D eigenvalue weighted by Crippen LogP contribution is 2.07. The summed E-state index contributed by atoms with van der Waals surface area (Å²) in [7, 11) is 0. The van der Waals surface area contributed by atoms with Gasteiger partial charge < -0.3 is 5.11 Å². The van der Waals surface area contributed by atoms with Gasteiger partial charge in [0.1, 0.15) is 0 Å². The maximum atomic E-state index is 10.6. The van der Waals surface area contributed by atoms with Crippen LogP contribution in [0.4, 0.5) is 5.82 Å². The summed E-state index contributed by atoms with van der Waals surface area (Å²) in [4.78, 5) is 18.9. The number of hydrogen-bond donors (Lipinski definition) is 1. The van der Waals surface area contributed by atoms with Crippen LogP contribution < -0.4 is 0 Å². The third-order valence-electron chi connectivity index (χ3n) is 2.15. The van der Waals surface area contributed by atoms with Crippen LogP contribution in [0, 0.1) is 0 Å². The van der Waals surface area contributed by atoms with Gasteiger partial charge in [-0.3, -0.25) is 0 Å². The minimum absolute atomic E-state index is 0.264. The molecule has 4 heteroatoms. The second-order valence-corrected chi connectivity index (χ2v) is 3.37. The third-order valence-corrected chi connectivity index (χ3v) is 2.15. The number of carboxylic acid groups (broad SMARTS) is 1. The van der Waals surface area contributed by atoms with Gasteiger partial charge in [-0.2, -0.15) is 0 Å². The summed E-state index contributed by atoms with van der Waals surface area (Å²) in [6, 6.07) is 12.0. The van der Waals surface area contributed by atoms with Crippen molar-refractivity contribution in [2.75, 3.05) is 0 Å². The van der Waals surface area contributed by atoms with Gasteiger partial charge in [0.2, 0.25) is 0 Å². The molecule has 1 aromatic heterocycles. The smallest absolute Gasteiger partial charge is 0.335 e. The van der Waals surface area contributed by atoms with Gasteiger partial charge in [-0.05, 0) is 29.8 Å². The van der Waals surface area contributed by atoms with Crippen molar-refractivity contribution in [3.8, 4) is 0 Å². The molecule has 0 saturated heterocycles. The standard InChI is InChI=1S/C13H10N2O2/c16-13(17)11-6-4-10(5-7-11)9-15-12-3-1-2-8-14-12/h1-9H,(H,16,17)/b15-9+. The van der Waals surface area contributed by atoms with Crippen molar-refractivity contribution >= 4 is 18.0 Å². The van der Waals surface area contributed by atoms with Crippen LogP contribution in [-0.4, -0.2) is 22.3 Å². The van der Waals surface area contributed by atoms with E-state index in [4.69, 9.17) is 5.11 Å². The highest BCUT2D eigenvalue weighted by molar-refractivity contribution is 5.89. The molecule has 0 radical (unpaired) electrons. The highest BCUT2D eigenvalue weighted by atomic mass is 16.4. The molecule has 0 amide bonds. The van der Waals surface area contributed by atoms with Crippen molar-refractivity contribution in [1.29, 1.82) is 0 Å². The molecule has 1 heterocycles. The van der Waals surface area contributed by atoms with Gasteiger partial charge in [-0.25, -0.2) is 14.8 Å². The Balaban J connectivity index is 2.14. The summed E-state index contributed by atoms with van der Waals surface area (Å²) < 4.78 is 0. The van der Waals surface area contributed by atoms with Crippen molar-refractivity contribution < 1.29 is 9.90 Å². The molecule has 1 aromatic carbocycles. The Bertz CT molecular complexity index is 533. The van der Waals surface area contributed by atoms with Gasteiger partial charge in [0.15, 0.2) is 5.82 Å². The number of carbonyl (C=O) groups is 1. The van der Waals surface area contributed by atoms with E-state index in [2.05, 4.69) is 9.98 Å². The zero-order valence-corrected chi connectivity index (χ0v) is 8.95. The fraction of sp³-hybridized carbons (Fsp3) is 0. The monoisotopic (exact) mass is 226 g/mol. The van der Waals surface area contributed by atoms with Crippen LogP contribution in [0.25, 0.3) is 0 Å². The maximum absolute atomic E-state index is 10.6. The third kappa shape index (κ3) is 2.98. The van der Waals surface area contributed by atoms with E-state index in [1.165, 1.54) is 0 Å². The zero-order valence-electron chi connectivity index (χ0n) is 8.95. The number of pyridine rings is 1. The van der Waals surface area contributed by atoms with E-state index in [-0.39, 0.29) is 5.56 Å². The highest BCUT2D eigenvalue weighted by Gasteiger charge is 2.00. The lowest BCUT2D eigenvalue weighted by atomic mass is 10.1. The van der Waals surface area contributed by atoms with Gasteiger partial charge in [0.05, 0.1) is 5.56 Å². The molecule has 4 nitrogen and oxygen atoms in total. The van der Waals surface area contributed by atoms with E-state index in [1.807, 2.05) is 12.1 Å². The van der Waals surface area contributed by atoms with E-state index in [1.54, 1.807) is 42.7 Å². The van der Waals surface area contributed by atoms with Crippen LogP contribution in [0.2, 0.25) is 0 Å². The Kier molecular flexibility index (Phi) is 3.25. The molecule has 0 fully saturated rings. The number of nitrogens with zero attached hydrogens (tertiary/aromatic N) is 2. The van der Waals surface area contributed by atoms with Gasteiger partial charge in [0, 0.05) is 12.4 Å². The predicted octanol–water partition coefficient (Wildman–Crippen LogP) is 2.53. The van der Waals surface area contributed by atoms with Crippen LogP contribution in [0.1, 0.15) is 15.9 Å². The molecule has 0 aliphatic heterocycles. The summed E-state index contributed by atoms with van der Waals surface area (Å²) in [6.07, 6.45) is 3.31. The van der Waals surface area contributed by atoms with Crippen molar-refractivity contribution in [3.05, 3.63) is 59.8 Å². The number of aromatic nitrogens is 1. The van der Waals surface area contributed by atoms with Crippen LogP contribution in [0.3, 0.4) is 0 Å². The molecule has 0 saturated carbocycles. The van der Waals surface area contributed by atoms with E-state index in [9.17, 15) is 4.79 Å². The number of aromatic carboxylic acids is 1. The maximum Gasteiger partial charge on any atom is 0.335 e. The quantitative estimate of drug-likeness (QED) is 0.818. The lowest BCUT2D eigenvalue weighted by Crippen LogP contribution is -1.95. The normalized spacial score (nSPS) is 10.6. The Morgan fingerprint density at radius 1 is 1.18 bits per heavy atom. The lowest BCUT2D eigenvalue weighted by molar-refractivity contribution is 0.0697. The summed E-state index contributed by atoms with van der Waals surface area (Å²) in [5.74, 6) is -0.312. The predicted molar refractivity (Wildman–Crippen MR) is 64.9 cm³/mol. The molecule has 2 rings (SSSR count). The number of benzene rings is 1. The fourth-order valence-corrected chi connectivity index (χ4v) is 1.28. The first-order chi connectivity index (χ1) is 8.25. The van der Waals surface area contributed by atoms with Gasteiger partial charge in [-0.1, -0.05) is 18.2 Å².